The zero-order valence-corrected chi connectivity index (χ0v) is 19.3. The van der Waals surface area contributed by atoms with Crippen LogP contribution in [-0.2, 0) is 9.53 Å². The second-order valence-electron chi connectivity index (χ2n) is 8.10. The molecule has 0 atom stereocenters. The predicted molar refractivity (Wildman–Crippen MR) is 125 cm³/mol. The first-order valence-electron chi connectivity index (χ1n) is 10.9. The van der Waals surface area contributed by atoms with Crippen molar-refractivity contribution in [2.45, 2.75) is 13.8 Å². The van der Waals surface area contributed by atoms with Gasteiger partial charge in [0.1, 0.15) is 16.8 Å². The molecule has 0 bridgehead atoms. The van der Waals surface area contributed by atoms with Gasteiger partial charge in [0, 0.05) is 50.4 Å². The molecule has 2 aliphatic heterocycles. The number of halogens is 2. The molecule has 0 unspecified atom stereocenters. The molecule has 5 rings (SSSR count). The van der Waals surface area contributed by atoms with E-state index in [0.29, 0.717) is 48.2 Å². The van der Waals surface area contributed by atoms with Gasteiger partial charge in [-0.3, -0.25) is 9.59 Å². The van der Waals surface area contributed by atoms with E-state index in [0.717, 1.165) is 6.07 Å². The van der Waals surface area contributed by atoms with Crippen molar-refractivity contribution >= 4 is 40.1 Å². The number of fused-ring (bicyclic) bond motifs is 2. The number of aromatic nitrogens is 1. The number of hydrogen-bond donors (Lipinski definition) is 0. The van der Waals surface area contributed by atoms with Gasteiger partial charge in [0.05, 0.1) is 17.7 Å². The fourth-order valence-electron chi connectivity index (χ4n) is 4.48. The summed E-state index contributed by atoms with van der Waals surface area (Å²) >= 11 is 6.18. The van der Waals surface area contributed by atoms with Crippen LogP contribution in [0, 0.1) is 5.82 Å². The van der Waals surface area contributed by atoms with Crippen LogP contribution in [0.2, 0.25) is 5.02 Å². The Hall–Kier alpha value is -3.59. The number of anilines is 1. The summed E-state index contributed by atoms with van der Waals surface area (Å²) in [4.78, 5) is 40.9. The minimum Gasteiger partial charge on any atom is -0.462 e. The summed E-state index contributed by atoms with van der Waals surface area (Å²) in [5.41, 5.74) is 0.243. The first-order chi connectivity index (χ1) is 16.3. The van der Waals surface area contributed by atoms with Crippen molar-refractivity contribution in [1.82, 2.24) is 9.47 Å². The molecule has 3 heterocycles. The van der Waals surface area contributed by atoms with Gasteiger partial charge in [-0.05, 0) is 25.1 Å². The lowest BCUT2D eigenvalue weighted by molar-refractivity contribution is -0.129. The van der Waals surface area contributed by atoms with Crippen LogP contribution in [-0.4, -0.2) is 54.1 Å². The smallest absolute Gasteiger partial charge is 0.343 e. The second kappa shape index (κ2) is 8.32. The number of nitrogens with zero attached hydrogens (tertiary/aromatic N) is 3. The van der Waals surface area contributed by atoms with Crippen LogP contribution in [0.25, 0.3) is 16.6 Å². The lowest BCUT2D eigenvalue weighted by atomic mass is 10.1. The molecule has 1 fully saturated rings. The van der Waals surface area contributed by atoms with Crippen LogP contribution in [0.3, 0.4) is 0 Å². The van der Waals surface area contributed by atoms with Crippen molar-refractivity contribution in [2.75, 3.05) is 37.7 Å². The van der Waals surface area contributed by atoms with Crippen LogP contribution in [0.1, 0.15) is 24.2 Å². The predicted octanol–water partition coefficient (Wildman–Crippen LogP) is 3.73. The number of esters is 1. The molecule has 10 heteroatoms. The Bertz CT molecular complexity index is 1410. The highest BCUT2D eigenvalue weighted by Gasteiger charge is 2.32. The average molecular weight is 486 g/mol. The third kappa shape index (κ3) is 3.47. The van der Waals surface area contributed by atoms with E-state index in [1.807, 2.05) is 0 Å². The van der Waals surface area contributed by atoms with Gasteiger partial charge >= 0.3 is 5.97 Å². The zero-order chi connectivity index (χ0) is 24.1. The minimum absolute atomic E-state index is 0.00442. The maximum atomic E-state index is 15.6. The molecule has 2 aliphatic rings. The van der Waals surface area contributed by atoms with Gasteiger partial charge in [-0.1, -0.05) is 11.6 Å². The zero-order valence-electron chi connectivity index (χ0n) is 18.6. The van der Waals surface area contributed by atoms with E-state index >= 15 is 4.39 Å². The van der Waals surface area contributed by atoms with E-state index in [9.17, 15) is 14.4 Å². The molecular weight excluding hydrogens is 465 g/mol. The molecule has 0 N–H and O–H groups in total. The monoisotopic (exact) mass is 485 g/mol. The van der Waals surface area contributed by atoms with Crippen molar-refractivity contribution in [3.8, 4) is 17.2 Å². The lowest BCUT2D eigenvalue weighted by Crippen LogP contribution is -2.48. The number of rotatable bonds is 3. The van der Waals surface area contributed by atoms with Crippen molar-refractivity contribution in [3.63, 3.8) is 0 Å². The molecule has 1 saturated heterocycles. The number of ether oxygens (including phenoxy) is 2. The average Bonchev–Trinajstić information content (AvgIpc) is 2.80. The van der Waals surface area contributed by atoms with Crippen LogP contribution < -0.4 is 15.1 Å². The van der Waals surface area contributed by atoms with E-state index in [1.165, 1.54) is 13.1 Å². The number of carbonyl (C=O) groups excluding carboxylic acids is 2. The maximum Gasteiger partial charge on any atom is 0.343 e. The van der Waals surface area contributed by atoms with Crippen molar-refractivity contribution in [2.24, 2.45) is 0 Å². The Kier molecular flexibility index (Phi) is 5.44. The molecule has 0 radical (unpaired) electrons. The highest BCUT2D eigenvalue weighted by atomic mass is 35.5. The Morgan fingerprint density at radius 1 is 1.18 bits per heavy atom. The van der Waals surface area contributed by atoms with E-state index in [1.54, 1.807) is 39.5 Å². The summed E-state index contributed by atoms with van der Waals surface area (Å²) in [6.07, 6.45) is 1.40. The Labute approximate surface area is 199 Å². The third-order valence-electron chi connectivity index (χ3n) is 6.10. The molecule has 0 aliphatic carbocycles. The molecule has 2 aromatic carbocycles. The quantitative estimate of drug-likeness (QED) is 0.411. The van der Waals surface area contributed by atoms with Crippen LogP contribution in [0.5, 0.6) is 11.5 Å². The number of benzene rings is 2. The Morgan fingerprint density at radius 3 is 2.59 bits per heavy atom. The van der Waals surface area contributed by atoms with Gasteiger partial charge in [0.25, 0.3) is 0 Å². The molecule has 8 nitrogen and oxygen atoms in total. The largest absolute Gasteiger partial charge is 0.462 e. The topological polar surface area (TPSA) is 81.1 Å². The number of piperazine rings is 1. The van der Waals surface area contributed by atoms with Gasteiger partial charge in [-0.25, -0.2) is 9.18 Å². The van der Waals surface area contributed by atoms with E-state index in [4.69, 9.17) is 21.1 Å². The fourth-order valence-corrected chi connectivity index (χ4v) is 4.64. The van der Waals surface area contributed by atoms with Crippen molar-refractivity contribution in [3.05, 3.63) is 57.1 Å². The summed E-state index contributed by atoms with van der Waals surface area (Å²) < 4.78 is 28.4. The molecule has 3 aromatic rings. The molecule has 1 amide bonds. The second-order valence-corrected chi connectivity index (χ2v) is 8.54. The van der Waals surface area contributed by atoms with E-state index in [2.05, 4.69) is 0 Å². The number of hydrogen-bond acceptors (Lipinski definition) is 6. The first kappa shape index (κ1) is 22.2. The summed E-state index contributed by atoms with van der Waals surface area (Å²) in [6, 6.07) is 6.09. The Balaban J connectivity index is 1.76. The standard InChI is InChI=1S/C24H21ClFN3O5/c1-3-33-24(32)16-12-29-18-5-4-14(25)10-19(18)34-23-20(29)15(22(16)31)11-17(26)21(23)28-8-6-27(7-9-28)13(2)30/h4-5,10-12H,3,6-9H2,1-2H3. The molecular formula is C24H21ClFN3O5. The Morgan fingerprint density at radius 2 is 1.91 bits per heavy atom. The van der Waals surface area contributed by atoms with Gasteiger partial charge in [-0.15, -0.1) is 0 Å². The van der Waals surface area contributed by atoms with Gasteiger partial charge in [0.2, 0.25) is 11.3 Å². The van der Waals surface area contributed by atoms with E-state index in [-0.39, 0.29) is 34.9 Å². The highest BCUT2D eigenvalue weighted by Crippen LogP contribution is 2.47. The lowest BCUT2D eigenvalue weighted by Gasteiger charge is -2.37. The van der Waals surface area contributed by atoms with Crippen LogP contribution >= 0.6 is 11.6 Å². The summed E-state index contributed by atoms with van der Waals surface area (Å²) in [6.45, 7) is 4.89. The van der Waals surface area contributed by atoms with Gasteiger partial charge < -0.3 is 23.8 Å². The van der Waals surface area contributed by atoms with Crippen LogP contribution in [0.4, 0.5) is 10.1 Å². The van der Waals surface area contributed by atoms with Crippen molar-refractivity contribution in [1.29, 1.82) is 0 Å². The number of carbonyl (C=O) groups is 2. The molecule has 176 valence electrons. The van der Waals surface area contributed by atoms with E-state index < -0.39 is 17.2 Å². The SMILES string of the molecule is CCOC(=O)c1cn2c3c(c(N4CCN(C(C)=O)CC4)c(F)cc3c1=O)Oc1cc(Cl)ccc1-2. The van der Waals surface area contributed by atoms with Gasteiger partial charge in [-0.2, -0.15) is 0 Å². The van der Waals surface area contributed by atoms with Gasteiger partial charge in [0.15, 0.2) is 17.3 Å². The normalized spacial score (nSPS) is 14.6. The first-order valence-corrected chi connectivity index (χ1v) is 11.2. The summed E-state index contributed by atoms with van der Waals surface area (Å²) in [7, 11) is 0. The minimum atomic E-state index is -0.786. The van der Waals surface area contributed by atoms with Crippen molar-refractivity contribution < 1.29 is 23.5 Å². The number of pyridine rings is 1. The highest BCUT2D eigenvalue weighted by molar-refractivity contribution is 6.30. The molecule has 0 saturated carbocycles. The fraction of sp³-hybridized carbons (Fsp3) is 0.292. The number of amides is 1. The molecule has 34 heavy (non-hydrogen) atoms. The summed E-state index contributed by atoms with van der Waals surface area (Å²) in [5.74, 6) is -0.969. The molecule has 0 spiro atoms. The molecule has 1 aromatic heterocycles. The third-order valence-corrected chi connectivity index (χ3v) is 6.34. The van der Waals surface area contributed by atoms with Crippen LogP contribution in [0.15, 0.2) is 35.3 Å². The maximum absolute atomic E-state index is 15.6. The summed E-state index contributed by atoms with van der Waals surface area (Å²) in [5, 5.41) is 0.419.